The van der Waals surface area contributed by atoms with Crippen LogP contribution in [0.1, 0.15) is 19.8 Å². The molecule has 0 aromatic carbocycles. The van der Waals surface area contributed by atoms with Crippen LogP contribution in [0.4, 0.5) is 0 Å². The summed E-state index contributed by atoms with van der Waals surface area (Å²) in [5.74, 6) is 1.25. The van der Waals surface area contributed by atoms with Crippen molar-refractivity contribution in [3.8, 4) is 0 Å². The minimum Gasteiger partial charge on any atom is -0.380 e. The fourth-order valence-corrected chi connectivity index (χ4v) is 4.35. The van der Waals surface area contributed by atoms with Gasteiger partial charge in [0.2, 0.25) is 0 Å². The molecular weight excluding hydrogens is 208 g/mol. The van der Waals surface area contributed by atoms with Crippen molar-refractivity contribution in [3.05, 3.63) is 0 Å². The standard InChI is InChI=1S/C11H22N2OS/c1-9-11(8-12,4-6-15-9)13(2)10-3-5-14-7-10/h9-10H,3-8,12H2,1-2H3. The molecule has 88 valence electrons. The zero-order valence-electron chi connectivity index (χ0n) is 9.74. The molecule has 0 spiro atoms. The van der Waals surface area contributed by atoms with Gasteiger partial charge in [-0.3, -0.25) is 4.90 Å². The van der Waals surface area contributed by atoms with Gasteiger partial charge in [0.15, 0.2) is 0 Å². The van der Waals surface area contributed by atoms with Gasteiger partial charge in [0.1, 0.15) is 0 Å². The van der Waals surface area contributed by atoms with Gasteiger partial charge in [-0.1, -0.05) is 6.92 Å². The Hall–Kier alpha value is 0.230. The summed E-state index contributed by atoms with van der Waals surface area (Å²) in [5.41, 5.74) is 6.24. The summed E-state index contributed by atoms with van der Waals surface area (Å²) >= 11 is 2.05. The van der Waals surface area contributed by atoms with Crippen LogP contribution in [0.15, 0.2) is 0 Å². The minimum absolute atomic E-state index is 0.211. The number of hydrogen-bond donors (Lipinski definition) is 1. The van der Waals surface area contributed by atoms with E-state index in [4.69, 9.17) is 10.5 Å². The first kappa shape index (κ1) is 11.7. The molecule has 3 nitrogen and oxygen atoms in total. The Bertz CT molecular complexity index is 221. The highest BCUT2D eigenvalue weighted by atomic mass is 32.2. The molecule has 2 saturated heterocycles. The smallest absolute Gasteiger partial charge is 0.0622 e. The van der Waals surface area contributed by atoms with Gasteiger partial charge < -0.3 is 10.5 Å². The van der Waals surface area contributed by atoms with Gasteiger partial charge in [0.25, 0.3) is 0 Å². The molecule has 15 heavy (non-hydrogen) atoms. The molecule has 4 heteroatoms. The van der Waals surface area contributed by atoms with E-state index in [9.17, 15) is 0 Å². The van der Waals surface area contributed by atoms with Gasteiger partial charge >= 0.3 is 0 Å². The maximum atomic E-state index is 6.03. The van der Waals surface area contributed by atoms with Crippen molar-refractivity contribution in [3.63, 3.8) is 0 Å². The van der Waals surface area contributed by atoms with Crippen LogP contribution >= 0.6 is 11.8 Å². The van der Waals surface area contributed by atoms with Crippen molar-refractivity contribution in [1.29, 1.82) is 0 Å². The van der Waals surface area contributed by atoms with Gasteiger partial charge in [-0.2, -0.15) is 11.8 Å². The van der Waals surface area contributed by atoms with Crippen LogP contribution in [-0.2, 0) is 4.74 Å². The summed E-state index contributed by atoms with van der Waals surface area (Å²) in [5, 5.41) is 0.646. The van der Waals surface area contributed by atoms with Crippen LogP contribution in [0.2, 0.25) is 0 Å². The first-order chi connectivity index (χ1) is 7.20. The molecule has 2 rings (SSSR count). The summed E-state index contributed by atoms with van der Waals surface area (Å²) < 4.78 is 5.47. The summed E-state index contributed by atoms with van der Waals surface area (Å²) in [6.45, 7) is 4.89. The van der Waals surface area contributed by atoms with Crippen molar-refractivity contribution in [1.82, 2.24) is 4.90 Å². The predicted octanol–water partition coefficient (Wildman–Crippen LogP) is 0.930. The Morgan fingerprint density at radius 1 is 1.60 bits per heavy atom. The van der Waals surface area contributed by atoms with Gasteiger partial charge in [0, 0.05) is 30.0 Å². The first-order valence-corrected chi connectivity index (χ1v) is 6.88. The fourth-order valence-electron chi connectivity index (χ4n) is 2.84. The molecule has 2 aliphatic heterocycles. The van der Waals surface area contributed by atoms with E-state index < -0.39 is 0 Å². The lowest BCUT2D eigenvalue weighted by molar-refractivity contribution is 0.0690. The average molecular weight is 230 g/mol. The van der Waals surface area contributed by atoms with Gasteiger partial charge in [-0.15, -0.1) is 0 Å². The lowest BCUT2D eigenvalue weighted by Crippen LogP contribution is -2.59. The molecule has 0 aromatic rings. The van der Waals surface area contributed by atoms with E-state index in [-0.39, 0.29) is 5.54 Å². The molecule has 2 fully saturated rings. The number of ether oxygens (including phenoxy) is 1. The zero-order chi connectivity index (χ0) is 10.9. The molecule has 0 radical (unpaired) electrons. The Morgan fingerprint density at radius 3 is 2.87 bits per heavy atom. The van der Waals surface area contributed by atoms with Gasteiger partial charge in [-0.05, 0) is 25.6 Å². The van der Waals surface area contributed by atoms with Crippen LogP contribution in [-0.4, -0.2) is 54.3 Å². The topological polar surface area (TPSA) is 38.5 Å². The highest BCUT2D eigenvalue weighted by Gasteiger charge is 2.45. The second-order valence-electron chi connectivity index (χ2n) is 4.70. The zero-order valence-corrected chi connectivity index (χ0v) is 10.6. The van der Waals surface area contributed by atoms with E-state index in [1.54, 1.807) is 0 Å². The Morgan fingerprint density at radius 2 is 2.40 bits per heavy atom. The summed E-state index contributed by atoms with van der Waals surface area (Å²) in [4.78, 5) is 2.50. The fraction of sp³-hybridized carbons (Fsp3) is 1.00. The average Bonchev–Trinajstić information content (AvgIpc) is 2.86. The number of likely N-dealkylation sites (N-methyl/N-ethyl adjacent to an activating group) is 1. The van der Waals surface area contributed by atoms with E-state index in [0.717, 1.165) is 26.2 Å². The van der Waals surface area contributed by atoms with E-state index in [1.165, 1.54) is 12.2 Å². The molecule has 3 atom stereocenters. The van der Waals surface area contributed by atoms with Crippen molar-refractivity contribution >= 4 is 11.8 Å². The van der Waals surface area contributed by atoms with E-state index in [1.807, 2.05) is 0 Å². The number of hydrogen-bond acceptors (Lipinski definition) is 4. The maximum absolute atomic E-state index is 6.03. The van der Waals surface area contributed by atoms with Gasteiger partial charge in [-0.25, -0.2) is 0 Å². The summed E-state index contributed by atoms with van der Waals surface area (Å²) in [6, 6.07) is 0.578. The second kappa shape index (κ2) is 4.62. The number of rotatable bonds is 3. The summed E-state index contributed by atoms with van der Waals surface area (Å²) in [7, 11) is 2.23. The van der Waals surface area contributed by atoms with E-state index in [0.29, 0.717) is 11.3 Å². The van der Waals surface area contributed by atoms with E-state index in [2.05, 4.69) is 30.6 Å². The third kappa shape index (κ3) is 1.93. The number of thioether (sulfide) groups is 1. The molecule has 0 aliphatic carbocycles. The SMILES string of the molecule is CC1SCCC1(CN)N(C)C1CCOC1. The molecule has 0 bridgehead atoms. The minimum atomic E-state index is 0.211. The van der Waals surface area contributed by atoms with Crippen molar-refractivity contribution in [2.24, 2.45) is 5.73 Å². The quantitative estimate of drug-likeness (QED) is 0.783. The lowest BCUT2D eigenvalue weighted by Gasteiger charge is -2.44. The third-order valence-electron chi connectivity index (χ3n) is 4.17. The Balaban J connectivity index is 2.10. The molecule has 0 saturated carbocycles. The summed E-state index contributed by atoms with van der Waals surface area (Å²) in [6.07, 6.45) is 2.39. The van der Waals surface area contributed by atoms with Crippen LogP contribution in [0.3, 0.4) is 0 Å². The van der Waals surface area contributed by atoms with Crippen LogP contribution in [0.25, 0.3) is 0 Å². The van der Waals surface area contributed by atoms with Crippen LogP contribution in [0.5, 0.6) is 0 Å². The molecule has 0 aromatic heterocycles. The largest absolute Gasteiger partial charge is 0.380 e. The highest BCUT2D eigenvalue weighted by molar-refractivity contribution is 8.00. The Labute approximate surface area is 96.7 Å². The highest BCUT2D eigenvalue weighted by Crippen LogP contribution is 2.40. The molecule has 0 amide bonds. The molecule has 2 aliphatic rings. The monoisotopic (exact) mass is 230 g/mol. The number of nitrogens with zero attached hydrogens (tertiary/aromatic N) is 1. The first-order valence-electron chi connectivity index (χ1n) is 5.83. The van der Waals surface area contributed by atoms with E-state index >= 15 is 0 Å². The molecule has 2 N–H and O–H groups in total. The van der Waals surface area contributed by atoms with Crippen molar-refractivity contribution < 1.29 is 4.74 Å². The molecule has 3 unspecified atom stereocenters. The molecule has 2 heterocycles. The second-order valence-corrected chi connectivity index (χ2v) is 6.15. The van der Waals surface area contributed by atoms with Crippen LogP contribution in [0, 0.1) is 0 Å². The third-order valence-corrected chi connectivity index (χ3v) is 5.55. The van der Waals surface area contributed by atoms with Crippen molar-refractivity contribution in [2.75, 3.05) is 32.6 Å². The normalized spacial score (nSPS) is 41.6. The van der Waals surface area contributed by atoms with Crippen molar-refractivity contribution in [2.45, 2.75) is 36.6 Å². The maximum Gasteiger partial charge on any atom is 0.0622 e. The molecular formula is C11H22N2OS. The predicted molar refractivity (Wildman–Crippen MR) is 65.3 cm³/mol. The van der Waals surface area contributed by atoms with Crippen LogP contribution < -0.4 is 5.73 Å². The van der Waals surface area contributed by atoms with Gasteiger partial charge in [0.05, 0.1) is 6.61 Å². The lowest BCUT2D eigenvalue weighted by atomic mass is 9.89. The Kier molecular flexibility index (Phi) is 3.60. The number of nitrogens with two attached hydrogens (primary N) is 1.